The molecule has 1 saturated carbocycles. The fourth-order valence-electron chi connectivity index (χ4n) is 4.14. The minimum absolute atomic E-state index is 0.141. The molecule has 0 spiro atoms. The lowest BCUT2D eigenvalue weighted by atomic mass is 10.0. The van der Waals surface area contributed by atoms with Crippen LogP contribution >= 0.6 is 11.6 Å². The van der Waals surface area contributed by atoms with Crippen molar-refractivity contribution >= 4 is 40.4 Å². The fraction of sp³-hybridized carbons (Fsp3) is 0.500. The van der Waals surface area contributed by atoms with E-state index in [2.05, 4.69) is 4.98 Å². The summed E-state index contributed by atoms with van der Waals surface area (Å²) in [7, 11) is 0. The standard InChI is InChI=1S/C18H17ClF4N4O2/c19-10-6-7-11-14(13(10)20)24-16-25-15(29)17(27(11)16,18(21,22)23)26-12(28)8-5-9-3-1-2-4-9/h6-7,9H,1-5,8H2,(H,26,28)(H,24,25,29). The van der Waals surface area contributed by atoms with E-state index in [0.29, 0.717) is 16.9 Å². The summed E-state index contributed by atoms with van der Waals surface area (Å²) in [6.07, 6.45) is -0.932. The van der Waals surface area contributed by atoms with Gasteiger partial charge >= 0.3 is 6.18 Å². The van der Waals surface area contributed by atoms with Gasteiger partial charge in [0.05, 0.1) is 10.5 Å². The highest BCUT2D eigenvalue weighted by Crippen LogP contribution is 2.44. The molecule has 6 nitrogen and oxygen atoms in total. The van der Waals surface area contributed by atoms with Crippen LogP contribution in [0.3, 0.4) is 0 Å². The van der Waals surface area contributed by atoms with E-state index in [1.165, 1.54) is 0 Å². The van der Waals surface area contributed by atoms with Crippen LogP contribution in [0.2, 0.25) is 5.02 Å². The number of carbonyl (C=O) groups is 2. The van der Waals surface area contributed by atoms with E-state index in [-0.39, 0.29) is 17.0 Å². The second-order valence-electron chi connectivity index (χ2n) is 7.40. The largest absolute Gasteiger partial charge is 0.440 e. The van der Waals surface area contributed by atoms with E-state index in [0.717, 1.165) is 37.8 Å². The van der Waals surface area contributed by atoms with Crippen LogP contribution in [-0.2, 0) is 15.3 Å². The number of hydrogen-bond acceptors (Lipinski definition) is 3. The first-order valence-corrected chi connectivity index (χ1v) is 9.59. The molecule has 29 heavy (non-hydrogen) atoms. The molecular weight excluding hydrogens is 416 g/mol. The molecule has 2 aromatic rings. The maximum atomic E-state index is 14.3. The number of hydrogen-bond donors (Lipinski definition) is 2. The Morgan fingerprint density at radius 1 is 1.34 bits per heavy atom. The van der Waals surface area contributed by atoms with Gasteiger partial charge in [-0.25, -0.2) is 9.37 Å². The lowest BCUT2D eigenvalue weighted by molar-refractivity contribution is -0.217. The van der Waals surface area contributed by atoms with Gasteiger partial charge in [0.2, 0.25) is 11.9 Å². The number of rotatable bonds is 4. The van der Waals surface area contributed by atoms with Gasteiger partial charge in [-0.15, -0.1) is 0 Å². The Bertz CT molecular complexity index is 1000. The maximum Gasteiger partial charge on any atom is 0.440 e. The number of halogens is 5. The Morgan fingerprint density at radius 2 is 2.03 bits per heavy atom. The normalized spacial score (nSPS) is 22.2. The zero-order valence-corrected chi connectivity index (χ0v) is 15.8. The Labute approximate surface area is 167 Å². The van der Waals surface area contributed by atoms with Crippen molar-refractivity contribution in [3.05, 3.63) is 23.0 Å². The summed E-state index contributed by atoms with van der Waals surface area (Å²) in [5.41, 5.74) is -4.15. The SMILES string of the molecule is O=C(CCC1CCCC1)NC1(C(F)(F)F)C(=O)Nc2nc3c(F)c(Cl)ccc3n21. The van der Waals surface area contributed by atoms with Gasteiger partial charge in [-0.2, -0.15) is 13.2 Å². The molecule has 2 aliphatic rings. The van der Waals surface area contributed by atoms with Crippen molar-refractivity contribution in [2.45, 2.75) is 50.4 Å². The Kier molecular flexibility index (Phi) is 4.71. The van der Waals surface area contributed by atoms with E-state index >= 15 is 0 Å². The molecule has 2 heterocycles. The van der Waals surface area contributed by atoms with Crippen molar-refractivity contribution in [3.8, 4) is 0 Å². The van der Waals surface area contributed by atoms with Crippen LogP contribution in [0.1, 0.15) is 38.5 Å². The second kappa shape index (κ2) is 6.86. The molecule has 2 amide bonds. The topological polar surface area (TPSA) is 76.0 Å². The number of anilines is 1. The van der Waals surface area contributed by atoms with Gasteiger partial charge in [0.25, 0.3) is 11.6 Å². The Balaban J connectivity index is 1.74. The number of nitrogens with zero attached hydrogens (tertiary/aromatic N) is 2. The van der Waals surface area contributed by atoms with Crippen LogP contribution in [0.25, 0.3) is 11.0 Å². The van der Waals surface area contributed by atoms with Crippen molar-refractivity contribution in [3.63, 3.8) is 0 Å². The van der Waals surface area contributed by atoms with E-state index in [9.17, 15) is 27.2 Å². The molecule has 1 aromatic heterocycles. The number of nitrogens with one attached hydrogen (secondary N) is 2. The molecule has 1 fully saturated rings. The molecule has 1 atom stereocenters. The number of carbonyl (C=O) groups excluding carboxylic acids is 2. The quantitative estimate of drug-likeness (QED) is 0.715. The third kappa shape index (κ3) is 3.04. The summed E-state index contributed by atoms with van der Waals surface area (Å²) < 4.78 is 57.3. The first kappa shape index (κ1) is 19.9. The number of fused-ring (bicyclic) bond motifs is 3. The zero-order chi connectivity index (χ0) is 21.0. The average molecular weight is 433 g/mol. The number of imidazole rings is 1. The van der Waals surface area contributed by atoms with Gasteiger partial charge in [0.15, 0.2) is 5.82 Å². The molecule has 4 rings (SSSR count). The molecule has 0 bridgehead atoms. The number of aromatic nitrogens is 2. The molecule has 11 heteroatoms. The summed E-state index contributed by atoms with van der Waals surface area (Å²) in [4.78, 5) is 28.6. The van der Waals surface area contributed by atoms with E-state index in [4.69, 9.17) is 11.6 Å². The van der Waals surface area contributed by atoms with Gasteiger partial charge < -0.3 is 5.32 Å². The fourth-order valence-corrected chi connectivity index (χ4v) is 4.29. The summed E-state index contributed by atoms with van der Waals surface area (Å²) in [5.74, 6) is -3.64. The first-order chi connectivity index (χ1) is 13.6. The molecular formula is C18H17ClF4N4O2. The summed E-state index contributed by atoms with van der Waals surface area (Å²) >= 11 is 5.68. The minimum Gasteiger partial charge on any atom is -0.317 e. The van der Waals surface area contributed by atoms with Crippen molar-refractivity contribution in [1.82, 2.24) is 14.9 Å². The van der Waals surface area contributed by atoms with Gasteiger partial charge in [0, 0.05) is 6.42 Å². The van der Waals surface area contributed by atoms with Gasteiger partial charge in [-0.3, -0.25) is 19.5 Å². The molecule has 0 saturated heterocycles. The molecule has 2 N–H and O–H groups in total. The molecule has 1 aromatic carbocycles. The second-order valence-corrected chi connectivity index (χ2v) is 7.81. The van der Waals surface area contributed by atoms with Crippen LogP contribution in [0.15, 0.2) is 12.1 Å². The smallest absolute Gasteiger partial charge is 0.317 e. The molecule has 0 radical (unpaired) electrons. The van der Waals surface area contributed by atoms with Crippen LogP contribution in [-0.4, -0.2) is 27.5 Å². The monoisotopic (exact) mass is 432 g/mol. The van der Waals surface area contributed by atoms with Gasteiger partial charge in [-0.05, 0) is 24.5 Å². The maximum absolute atomic E-state index is 14.3. The highest BCUT2D eigenvalue weighted by molar-refractivity contribution is 6.31. The van der Waals surface area contributed by atoms with E-state index in [1.54, 1.807) is 0 Å². The first-order valence-electron chi connectivity index (χ1n) is 9.21. The van der Waals surface area contributed by atoms with Gasteiger partial charge in [0.1, 0.15) is 5.52 Å². The molecule has 156 valence electrons. The van der Waals surface area contributed by atoms with Crippen molar-refractivity contribution in [2.24, 2.45) is 5.92 Å². The van der Waals surface area contributed by atoms with E-state index in [1.807, 2.05) is 10.6 Å². The van der Waals surface area contributed by atoms with Crippen LogP contribution < -0.4 is 10.6 Å². The van der Waals surface area contributed by atoms with Crippen LogP contribution in [0.4, 0.5) is 23.5 Å². The van der Waals surface area contributed by atoms with E-state index < -0.39 is 40.9 Å². The Hall–Kier alpha value is -2.36. The van der Waals surface area contributed by atoms with Crippen LogP contribution in [0.5, 0.6) is 0 Å². The highest BCUT2D eigenvalue weighted by Gasteiger charge is 2.67. The number of amides is 2. The molecule has 1 aliphatic carbocycles. The lowest BCUT2D eigenvalue weighted by Gasteiger charge is -2.32. The molecule has 1 aliphatic heterocycles. The van der Waals surface area contributed by atoms with Crippen molar-refractivity contribution in [2.75, 3.05) is 5.32 Å². The third-order valence-electron chi connectivity index (χ3n) is 5.59. The predicted molar refractivity (Wildman–Crippen MR) is 96.7 cm³/mol. The predicted octanol–water partition coefficient (Wildman–Crippen LogP) is 4.08. The van der Waals surface area contributed by atoms with Crippen molar-refractivity contribution in [1.29, 1.82) is 0 Å². The average Bonchev–Trinajstić information content (AvgIpc) is 3.33. The number of benzene rings is 1. The summed E-state index contributed by atoms with van der Waals surface area (Å²) in [6, 6.07) is 2.20. The summed E-state index contributed by atoms with van der Waals surface area (Å²) in [5, 5.41) is 3.55. The van der Waals surface area contributed by atoms with Crippen LogP contribution in [0, 0.1) is 11.7 Å². The Morgan fingerprint density at radius 3 is 2.69 bits per heavy atom. The lowest BCUT2D eigenvalue weighted by Crippen LogP contribution is -2.63. The highest BCUT2D eigenvalue weighted by atomic mass is 35.5. The summed E-state index contributed by atoms with van der Waals surface area (Å²) in [6.45, 7) is 0. The molecule has 1 unspecified atom stereocenters. The van der Waals surface area contributed by atoms with Crippen molar-refractivity contribution < 1.29 is 27.2 Å². The zero-order valence-electron chi connectivity index (χ0n) is 15.1. The third-order valence-corrected chi connectivity index (χ3v) is 5.88. The number of alkyl halides is 3. The van der Waals surface area contributed by atoms with Gasteiger partial charge in [-0.1, -0.05) is 37.3 Å². The minimum atomic E-state index is -5.20.